The van der Waals surface area contributed by atoms with Crippen LogP contribution in [-0.4, -0.2) is 12.0 Å². The van der Waals surface area contributed by atoms with Crippen LogP contribution in [0.4, 0.5) is 10.8 Å². The van der Waals surface area contributed by atoms with Gasteiger partial charge in [0.1, 0.15) is 5.82 Å². The van der Waals surface area contributed by atoms with Crippen molar-refractivity contribution >= 4 is 38.1 Å². The first-order valence-corrected chi connectivity index (χ1v) is 6.26. The minimum atomic E-state index is 0.971. The van der Waals surface area contributed by atoms with Crippen molar-refractivity contribution in [2.75, 3.05) is 11.9 Å². The first-order chi connectivity index (χ1) is 7.18. The first-order valence-electron chi connectivity index (χ1n) is 4.59. The zero-order valence-corrected chi connectivity index (χ0v) is 11.0. The Bertz CT molecular complexity index is 454. The highest BCUT2D eigenvalue weighted by Gasteiger charge is 2.07. The second kappa shape index (κ2) is 4.33. The van der Waals surface area contributed by atoms with Crippen molar-refractivity contribution in [1.29, 1.82) is 0 Å². The minimum Gasteiger partial charge on any atom is -0.321 e. The molecule has 2 nitrogen and oxygen atoms in total. The fraction of sp³-hybridized carbons (Fsp3) is 0.182. The lowest BCUT2D eigenvalue weighted by Crippen LogP contribution is -2.09. The molecular formula is C11H11BrN2S. The van der Waals surface area contributed by atoms with Crippen molar-refractivity contribution < 1.29 is 0 Å². The molecule has 0 fully saturated rings. The fourth-order valence-electron chi connectivity index (χ4n) is 1.29. The molecule has 2 aromatic rings. The molecule has 0 aliphatic rings. The maximum absolute atomic E-state index is 4.51. The molecule has 2 rings (SSSR count). The van der Waals surface area contributed by atoms with Crippen LogP contribution in [0.1, 0.15) is 5.69 Å². The third-order valence-corrected chi connectivity index (χ3v) is 3.97. The summed E-state index contributed by atoms with van der Waals surface area (Å²) in [5, 5.41) is 3.27. The van der Waals surface area contributed by atoms with E-state index < -0.39 is 0 Å². The first kappa shape index (κ1) is 10.6. The number of aryl methyl sites for hydroxylation is 1. The second-order valence-electron chi connectivity index (χ2n) is 3.25. The monoisotopic (exact) mass is 282 g/mol. The van der Waals surface area contributed by atoms with Gasteiger partial charge in [-0.15, -0.1) is 11.3 Å². The lowest BCUT2D eigenvalue weighted by atomic mass is 10.3. The summed E-state index contributed by atoms with van der Waals surface area (Å²) in [5.74, 6) is 0.971. The third-order valence-electron chi connectivity index (χ3n) is 2.19. The van der Waals surface area contributed by atoms with Gasteiger partial charge in [0.25, 0.3) is 0 Å². The molecule has 0 aliphatic heterocycles. The molecule has 0 atom stereocenters. The quantitative estimate of drug-likeness (QED) is 0.828. The zero-order chi connectivity index (χ0) is 10.8. The molecule has 0 unspecified atom stereocenters. The summed E-state index contributed by atoms with van der Waals surface area (Å²) in [6.45, 7) is 2.00. The molecule has 78 valence electrons. The molecule has 0 saturated carbocycles. The SMILES string of the molecule is Cc1nc(N(C)c2cccs2)ccc1Br. The molecule has 4 heteroatoms. The maximum atomic E-state index is 4.51. The predicted molar refractivity (Wildman–Crippen MR) is 69.1 cm³/mol. The highest BCUT2D eigenvalue weighted by molar-refractivity contribution is 9.10. The third kappa shape index (κ3) is 2.21. The molecule has 0 N–H and O–H groups in total. The van der Waals surface area contributed by atoms with E-state index in [-0.39, 0.29) is 0 Å². The van der Waals surface area contributed by atoms with E-state index in [1.54, 1.807) is 11.3 Å². The van der Waals surface area contributed by atoms with Gasteiger partial charge >= 0.3 is 0 Å². The van der Waals surface area contributed by atoms with Crippen LogP contribution in [0.2, 0.25) is 0 Å². The van der Waals surface area contributed by atoms with E-state index in [1.165, 1.54) is 5.00 Å². The maximum Gasteiger partial charge on any atom is 0.133 e. The number of nitrogens with zero attached hydrogens (tertiary/aromatic N) is 2. The van der Waals surface area contributed by atoms with Crippen LogP contribution in [0.3, 0.4) is 0 Å². The summed E-state index contributed by atoms with van der Waals surface area (Å²) in [5.41, 5.74) is 1.01. The van der Waals surface area contributed by atoms with E-state index >= 15 is 0 Å². The summed E-state index contributed by atoms with van der Waals surface area (Å²) in [6, 6.07) is 8.17. The molecule has 0 saturated heterocycles. The molecular weight excluding hydrogens is 272 g/mol. The van der Waals surface area contributed by atoms with E-state index in [2.05, 4.69) is 37.3 Å². The van der Waals surface area contributed by atoms with Gasteiger partial charge in [-0.3, -0.25) is 0 Å². The number of pyridine rings is 1. The smallest absolute Gasteiger partial charge is 0.133 e. The largest absolute Gasteiger partial charge is 0.321 e. The van der Waals surface area contributed by atoms with Crippen molar-refractivity contribution in [2.24, 2.45) is 0 Å². The van der Waals surface area contributed by atoms with Crippen molar-refractivity contribution in [3.05, 3.63) is 39.8 Å². The van der Waals surface area contributed by atoms with Crippen molar-refractivity contribution in [1.82, 2.24) is 4.98 Å². The zero-order valence-electron chi connectivity index (χ0n) is 8.57. The number of aromatic nitrogens is 1. The molecule has 15 heavy (non-hydrogen) atoms. The lowest BCUT2D eigenvalue weighted by molar-refractivity contribution is 1.09. The Balaban J connectivity index is 2.34. The summed E-state index contributed by atoms with van der Waals surface area (Å²) >= 11 is 5.16. The van der Waals surface area contributed by atoms with Gasteiger partial charge in [0.2, 0.25) is 0 Å². The molecule has 0 radical (unpaired) electrons. The van der Waals surface area contributed by atoms with Gasteiger partial charge in [0, 0.05) is 11.5 Å². The summed E-state index contributed by atoms with van der Waals surface area (Å²) in [4.78, 5) is 6.60. The Morgan fingerprint density at radius 1 is 1.33 bits per heavy atom. The number of halogens is 1. The molecule has 0 bridgehead atoms. The van der Waals surface area contributed by atoms with Gasteiger partial charge < -0.3 is 4.90 Å². The number of hydrogen-bond donors (Lipinski definition) is 0. The standard InChI is InChI=1S/C11H11BrN2S/c1-8-9(12)5-6-10(13-8)14(2)11-4-3-7-15-11/h3-7H,1-2H3. The van der Waals surface area contributed by atoms with Gasteiger partial charge in [-0.2, -0.15) is 0 Å². The Kier molecular flexibility index (Phi) is 3.07. The normalized spacial score (nSPS) is 10.3. The van der Waals surface area contributed by atoms with Crippen molar-refractivity contribution in [2.45, 2.75) is 6.92 Å². The van der Waals surface area contributed by atoms with Gasteiger partial charge in [0.15, 0.2) is 0 Å². The highest BCUT2D eigenvalue weighted by atomic mass is 79.9. The Hall–Kier alpha value is -0.870. The van der Waals surface area contributed by atoms with Crippen LogP contribution in [0, 0.1) is 6.92 Å². The molecule has 0 spiro atoms. The Morgan fingerprint density at radius 2 is 2.13 bits per heavy atom. The fourth-order valence-corrected chi connectivity index (χ4v) is 2.22. The van der Waals surface area contributed by atoms with Crippen LogP contribution in [0.25, 0.3) is 0 Å². The van der Waals surface area contributed by atoms with E-state index in [9.17, 15) is 0 Å². The molecule has 2 heterocycles. The average molecular weight is 283 g/mol. The molecule has 0 aliphatic carbocycles. The minimum absolute atomic E-state index is 0.971. The summed E-state index contributed by atoms with van der Waals surface area (Å²) in [7, 11) is 2.03. The summed E-state index contributed by atoms with van der Waals surface area (Å²) in [6.07, 6.45) is 0. The predicted octanol–water partition coefficient (Wildman–Crippen LogP) is 3.98. The molecule has 2 aromatic heterocycles. The number of hydrogen-bond acceptors (Lipinski definition) is 3. The van der Waals surface area contributed by atoms with Crippen LogP contribution in [0.15, 0.2) is 34.1 Å². The van der Waals surface area contributed by atoms with Crippen LogP contribution < -0.4 is 4.90 Å². The van der Waals surface area contributed by atoms with Gasteiger partial charge in [-0.05, 0) is 52.5 Å². The van der Waals surface area contributed by atoms with E-state index in [0.717, 1.165) is 16.0 Å². The van der Waals surface area contributed by atoms with E-state index in [4.69, 9.17) is 0 Å². The van der Waals surface area contributed by atoms with E-state index in [1.807, 2.05) is 32.2 Å². The molecule has 0 amide bonds. The number of anilines is 2. The van der Waals surface area contributed by atoms with Crippen LogP contribution in [-0.2, 0) is 0 Å². The van der Waals surface area contributed by atoms with Gasteiger partial charge in [-0.25, -0.2) is 4.98 Å². The van der Waals surface area contributed by atoms with Gasteiger partial charge in [0.05, 0.1) is 10.7 Å². The lowest BCUT2D eigenvalue weighted by Gasteiger charge is -2.16. The second-order valence-corrected chi connectivity index (χ2v) is 5.03. The van der Waals surface area contributed by atoms with E-state index in [0.29, 0.717) is 0 Å². The summed E-state index contributed by atoms with van der Waals surface area (Å²) < 4.78 is 1.05. The van der Waals surface area contributed by atoms with Crippen LogP contribution in [0.5, 0.6) is 0 Å². The van der Waals surface area contributed by atoms with Crippen molar-refractivity contribution in [3.8, 4) is 0 Å². The average Bonchev–Trinajstić information content (AvgIpc) is 2.74. The number of thiophene rings is 1. The van der Waals surface area contributed by atoms with Crippen molar-refractivity contribution in [3.63, 3.8) is 0 Å². The van der Waals surface area contributed by atoms with Gasteiger partial charge in [-0.1, -0.05) is 0 Å². The Morgan fingerprint density at radius 3 is 2.73 bits per heavy atom. The topological polar surface area (TPSA) is 16.1 Å². The highest BCUT2D eigenvalue weighted by Crippen LogP contribution is 2.27. The number of rotatable bonds is 2. The van der Waals surface area contributed by atoms with Crippen LogP contribution >= 0.6 is 27.3 Å². The Labute approximate surface area is 102 Å². The molecule has 0 aromatic carbocycles.